The molecule has 0 aliphatic heterocycles. The van der Waals surface area contributed by atoms with Crippen LogP contribution in [-0.4, -0.2) is 26.8 Å². The van der Waals surface area contributed by atoms with Crippen molar-refractivity contribution in [1.82, 2.24) is 20.9 Å². The number of hydrogen-bond acceptors (Lipinski definition) is 4. The smallest absolute Gasteiger partial charge is 0.255 e. The van der Waals surface area contributed by atoms with Crippen molar-refractivity contribution in [1.29, 1.82) is 0 Å². The summed E-state index contributed by atoms with van der Waals surface area (Å²) in [5.41, 5.74) is 3.22. The molecule has 0 aliphatic carbocycles. The van der Waals surface area contributed by atoms with E-state index in [-0.39, 0.29) is 5.91 Å². The number of H-pyrrole nitrogens is 1. The molecule has 2 N–H and O–H groups in total. The van der Waals surface area contributed by atoms with E-state index in [1.54, 1.807) is 24.3 Å². The lowest BCUT2D eigenvalue weighted by Crippen LogP contribution is -2.36. The minimum absolute atomic E-state index is 0.161. The molecule has 0 bridgehead atoms. The maximum absolute atomic E-state index is 12.1. The molecule has 3 aromatic rings. The molecule has 0 saturated carbocycles. The molecule has 1 heterocycles. The van der Waals surface area contributed by atoms with Crippen LogP contribution in [0.2, 0.25) is 0 Å². The highest BCUT2D eigenvalue weighted by Gasteiger charge is 2.09. The summed E-state index contributed by atoms with van der Waals surface area (Å²) in [6.07, 6.45) is 0. The second-order valence-corrected chi connectivity index (χ2v) is 4.56. The SMILES string of the molecule is Cc1ccc(NC(=O)c2ccc(-[n+]3nnn[nH]3)cc2)cc1. The first-order valence-electron chi connectivity index (χ1n) is 6.37. The first-order valence-corrected chi connectivity index (χ1v) is 6.37. The third-order valence-electron chi connectivity index (χ3n) is 3.00. The van der Waals surface area contributed by atoms with Gasteiger partial charge in [0.25, 0.3) is 5.91 Å². The van der Waals surface area contributed by atoms with Gasteiger partial charge in [0.15, 0.2) is 5.69 Å². The standard InChI is InChI=1S/C14H12N6O/c1-10-2-6-12(7-3-10)15-14(21)11-4-8-13(9-5-11)20-18-16-17-19-20/h2-9H,1H3,(H,15,21)/p+1. The summed E-state index contributed by atoms with van der Waals surface area (Å²) in [4.78, 5) is 13.5. The molecule has 1 amide bonds. The van der Waals surface area contributed by atoms with E-state index in [4.69, 9.17) is 0 Å². The number of nitrogens with one attached hydrogen (secondary N) is 2. The predicted octanol–water partition coefficient (Wildman–Crippen LogP) is 1.04. The second-order valence-electron chi connectivity index (χ2n) is 4.56. The van der Waals surface area contributed by atoms with Gasteiger partial charge in [0.05, 0.1) is 0 Å². The van der Waals surface area contributed by atoms with Crippen molar-refractivity contribution in [2.75, 3.05) is 5.32 Å². The van der Waals surface area contributed by atoms with Crippen molar-refractivity contribution in [3.63, 3.8) is 0 Å². The number of amides is 1. The lowest BCUT2D eigenvalue weighted by molar-refractivity contribution is -0.719. The van der Waals surface area contributed by atoms with Crippen molar-refractivity contribution >= 4 is 11.6 Å². The quantitative estimate of drug-likeness (QED) is 0.702. The Balaban J connectivity index is 1.74. The number of hydrogen-bond donors (Lipinski definition) is 2. The van der Waals surface area contributed by atoms with Gasteiger partial charge in [0.2, 0.25) is 10.4 Å². The van der Waals surface area contributed by atoms with Gasteiger partial charge < -0.3 is 5.32 Å². The van der Waals surface area contributed by atoms with Gasteiger partial charge in [-0.1, -0.05) is 17.7 Å². The Hall–Kier alpha value is -3.09. The monoisotopic (exact) mass is 281 g/mol. The minimum Gasteiger partial charge on any atom is -0.322 e. The van der Waals surface area contributed by atoms with E-state index >= 15 is 0 Å². The van der Waals surface area contributed by atoms with Gasteiger partial charge in [-0.05, 0) is 53.3 Å². The topological polar surface area (TPSA) is 87.4 Å². The number of nitrogens with zero attached hydrogens (tertiary/aromatic N) is 4. The minimum atomic E-state index is -0.161. The predicted molar refractivity (Wildman–Crippen MR) is 74.8 cm³/mol. The van der Waals surface area contributed by atoms with Crippen molar-refractivity contribution in [3.8, 4) is 5.69 Å². The molecule has 1 aromatic heterocycles. The van der Waals surface area contributed by atoms with Gasteiger partial charge in [-0.3, -0.25) is 4.79 Å². The number of aryl methyl sites for hydroxylation is 1. The zero-order valence-electron chi connectivity index (χ0n) is 11.3. The molecule has 0 radical (unpaired) electrons. The lowest BCUT2D eigenvalue weighted by Gasteiger charge is -2.05. The van der Waals surface area contributed by atoms with Crippen LogP contribution in [0, 0.1) is 6.92 Å². The molecule has 0 saturated heterocycles. The number of benzene rings is 2. The number of carbonyl (C=O) groups is 1. The van der Waals surface area contributed by atoms with Gasteiger partial charge >= 0.3 is 0 Å². The van der Waals surface area contributed by atoms with E-state index in [1.165, 1.54) is 4.80 Å². The molecule has 0 aliphatic rings. The van der Waals surface area contributed by atoms with E-state index in [0.29, 0.717) is 5.56 Å². The maximum atomic E-state index is 12.1. The zero-order chi connectivity index (χ0) is 14.7. The molecule has 21 heavy (non-hydrogen) atoms. The van der Waals surface area contributed by atoms with Crippen LogP contribution in [0.4, 0.5) is 5.69 Å². The highest BCUT2D eigenvalue weighted by molar-refractivity contribution is 6.04. The van der Waals surface area contributed by atoms with Crippen molar-refractivity contribution < 1.29 is 9.59 Å². The lowest BCUT2D eigenvalue weighted by atomic mass is 10.2. The fourth-order valence-electron chi connectivity index (χ4n) is 1.85. The summed E-state index contributed by atoms with van der Waals surface area (Å²) < 4.78 is 0. The molecular weight excluding hydrogens is 268 g/mol. The van der Waals surface area contributed by atoms with Gasteiger partial charge in [0.1, 0.15) is 5.21 Å². The normalized spacial score (nSPS) is 10.3. The third kappa shape index (κ3) is 2.92. The highest BCUT2D eigenvalue weighted by Crippen LogP contribution is 2.11. The first-order chi connectivity index (χ1) is 10.2. The zero-order valence-corrected chi connectivity index (χ0v) is 11.3. The van der Waals surface area contributed by atoms with E-state index in [0.717, 1.165) is 16.9 Å². The van der Waals surface area contributed by atoms with Crippen LogP contribution in [0.1, 0.15) is 15.9 Å². The molecule has 7 nitrogen and oxygen atoms in total. The number of aromatic amines is 1. The summed E-state index contributed by atoms with van der Waals surface area (Å²) in [5.74, 6) is -0.161. The Labute approximate surface area is 120 Å². The van der Waals surface area contributed by atoms with Crippen molar-refractivity contribution in [3.05, 3.63) is 59.7 Å². The molecule has 0 atom stereocenters. The van der Waals surface area contributed by atoms with Crippen LogP contribution in [0.3, 0.4) is 0 Å². The second kappa shape index (κ2) is 5.49. The van der Waals surface area contributed by atoms with E-state index in [9.17, 15) is 4.79 Å². The molecule has 0 fully saturated rings. The van der Waals surface area contributed by atoms with Crippen molar-refractivity contribution in [2.45, 2.75) is 6.92 Å². The van der Waals surface area contributed by atoms with E-state index in [1.807, 2.05) is 31.2 Å². The van der Waals surface area contributed by atoms with Gasteiger partial charge in [-0.15, -0.1) is 0 Å². The van der Waals surface area contributed by atoms with Crippen LogP contribution >= 0.6 is 0 Å². The number of aromatic nitrogens is 5. The Morgan fingerprint density at radius 1 is 1.10 bits per heavy atom. The fourth-order valence-corrected chi connectivity index (χ4v) is 1.85. The Morgan fingerprint density at radius 3 is 2.43 bits per heavy atom. The van der Waals surface area contributed by atoms with Crippen LogP contribution in [0.15, 0.2) is 48.5 Å². The summed E-state index contributed by atoms with van der Waals surface area (Å²) >= 11 is 0. The molecule has 0 unspecified atom stereocenters. The maximum Gasteiger partial charge on any atom is 0.255 e. The number of rotatable bonds is 3. The fraction of sp³-hybridized carbons (Fsp3) is 0.0714. The Bertz CT molecular complexity index is 734. The summed E-state index contributed by atoms with van der Waals surface area (Å²) in [6.45, 7) is 2.00. The van der Waals surface area contributed by atoms with Gasteiger partial charge in [-0.2, -0.15) is 0 Å². The van der Waals surface area contributed by atoms with Crippen LogP contribution in [-0.2, 0) is 0 Å². The van der Waals surface area contributed by atoms with Crippen molar-refractivity contribution in [2.24, 2.45) is 0 Å². The number of anilines is 1. The largest absolute Gasteiger partial charge is 0.322 e. The first kappa shape index (κ1) is 12.9. The van der Waals surface area contributed by atoms with E-state index < -0.39 is 0 Å². The average Bonchev–Trinajstić information content (AvgIpc) is 3.04. The summed E-state index contributed by atoms with van der Waals surface area (Å²) in [7, 11) is 0. The third-order valence-corrected chi connectivity index (χ3v) is 3.00. The Kier molecular flexibility index (Phi) is 3.38. The van der Waals surface area contributed by atoms with E-state index in [2.05, 4.69) is 26.2 Å². The molecular formula is C14H13N6O+. The van der Waals surface area contributed by atoms with Crippen LogP contribution in [0.25, 0.3) is 5.69 Å². The highest BCUT2D eigenvalue weighted by atomic mass is 16.1. The summed E-state index contributed by atoms with van der Waals surface area (Å²) in [6, 6.07) is 14.6. The van der Waals surface area contributed by atoms with Gasteiger partial charge in [0, 0.05) is 11.3 Å². The average molecular weight is 281 g/mol. The Morgan fingerprint density at radius 2 is 1.81 bits per heavy atom. The molecule has 0 spiro atoms. The van der Waals surface area contributed by atoms with Crippen LogP contribution in [0.5, 0.6) is 0 Å². The molecule has 3 rings (SSSR count). The molecule has 2 aromatic carbocycles. The summed E-state index contributed by atoms with van der Waals surface area (Å²) in [5, 5.41) is 16.1. The number of carbonyl (C=O) groups excluding carboxylic acids is 1. The molecule has 104 valence electrons. The van der Waals surface area contributed by atoms with Gasteiger partial charge in [-0.25, -0.2) is 0 Å². The molecule has 7 heteroatoms. The van der Waals surface area contributed by atoms with Crippen LogP contribution < -0.4 is 10.1 Å².